The molecule has 30 heavy (non-hydrogen) atoms. The van der Waals surface area contributed by atoms with Gasteiger partial charge in [-0.2, -0.15) is 0 Å². The Morgan fingerprint density at radius 3 is 2.10 bits per heavy atom. The number of piperidine rings is 1. The molecule has 0 aliphatic carbocycles. The van der Waals surface area contributed by atoms with Gasteiger partial charge in [0.05, 0.1) is 6.04 Å². The van der Waals surface area contributed by atoms with Crippen molar-refractivity contribution in [3.8, 4) is 0 Å². The predicted octanol–water partition coefficient (Wildman–Crippen LogP) is 3.79. The SMILES string of the molecule is CN1CCC(N(C)c2ncnc(NC(c3ccccc3)c3ccccc3)c2N)CC1. The van der Waals surface area contributed by atoms with Gasteiger partial charge >= 0.3 is 0 Å². The minimum absolute atomic E-state index is 0.0499. The van der Waals surface area contributed by atoms with Gasteiger partial charge in [-0.1, -0.05) is 60.7 Å². The Morgan fingerprint density at radius 2 is 1.53 bits per heavy atom. The predicted molar refractivity (Wildman–Crippen MR) is 124 cm³/mol. The zero-order chi connectivity index (χ0) is 20.9. The molecule has 0 unspecified atom stereocenters. The third-order valence-electron chi connectivity index (χ3n) is 5.98. The van der Waals surface area contributed by atoms with Crippen molar-refractivity contribution in [1.82, 2.24) is 14.9 Å². The highest BCUT2D eigenvalue weighted by molar-refractivity contribution is 5.75. The minimum atomic E-state index is -0.0499. The lowest BCUT2D eigenvalue weighted by Crippen LogP contribution is -2.42. The number of nitrogens with zero attached hydrogens (tertiary/aromatic N) is 4. The van der Waals surface area contributed by atoms with Gasteiger partial charge in [0.2, 0.25) is 0 Å². The van der Waals surface area contributed by atoms with Gasteiger partial charge < -0.3 is 20.9 Å². The molecule has 1 saturated heterocycles. The summed E-state index contributed by atoms with van der Waals surface area (Å²) >= 11 is 0. The second kappa shape index (κ2) is 9.13. The first-order valence-corrected chi connectivity index (χ1v) is 10.5. The van der Waals surface area contributed by atoms with Crippen LogP contribution in [0.25, 0.3) is 0 Å². The summed E-state index contributed by atoms with van der Waals surface area (Å²) in [5, 5.41) is 3.57. The summed E-state index contributed by atoms with van der Waals surface area (Å²) in [6.45, 7) is 2.18. The maximum Gasteiger partial charge on any atom is 0.157 e. The number of hydrogen-bond donors (Lipinski definition) is 2. The Hall–Kier alpha value is -3.12. The van der Waals surface area contributed by atoms with E-state index in [0.29, 0.717) is 17.5 Å². The van der Waals surface area contributed by atoms with Crippen molar-refractivity contribution in [3.05, 3.63) is 78.1 Å². The summed E-state index contributed by atoms with van der Waals surface area (Å²) in [5.74, 6) is 1.46. The second-order valence-electron chi connectivity index (χ2n) is 8.00. The van der Waals surface area contributed by atoms with Crippen LogP contribution in [0, 0.1) is 0 Å². The minimum Gasteiger partial charge on any atom is -0.393 e. The molecule has 0 saturated carbocycles. The molecule has 0 atom stereocenters. The zero-order valence-corrected chi connectivity index (χ0v) is 17.7. The van der Waals surface area contributed by atoms with Gasteiger partial charge in [-0.25, -0.2) is 9.97 Å². The fraction of sp³-hybridized carbons (Fsp3) is 0.333. The molecule has 2 aromatic carbocycles. The Morgan fingerprint density at radius 1 is 0.967 bits per heavy atom. The van der Waals surface area contributed by atoms with Crippen molar-refractivity contribution >= 4 is 17.3 Å². The lowest BCUT2D eigenvalue weighted by molar-refractivity contribution is 0.252. The molecule has 156 valence electrons. The maximum absolute atomic E-state index is 6.58. The molecule has 4 rings (SSSR count). The van der Waals surface area contributed by atoms with E-state index in [2.05, 4.69) is 87.7 Å². The van der Waals surface area contributed by atoms with Crippen LogP contribution in [0.15, 0.2) is 67.0 Å². The van der Waals surface area contributed by atoms with Crippen molar-refractivity contribution < 1.29 is 0 Å². The lowest BCUT2D eigenvalue weighted by atomic mass is 9.98. The summed E-state index contributed by atoms with van der Waals surface area (Å²) in [6.07, 6.45) is 3.82. The Labute approximate surface area is 178 Å². The van der Waals surface area contributed by atoms with E-state index in [1.807, 2.05) is 12.1 Å². The third-order valence-corrected chi connectivity index (χ3v) is 5.98. The molecule has 0 radical (unpaired) electrons. The van der Waals surface area contributed by atoms with Gasteiger partial charge in [0.25, 0.3) is 0 Å². The lowest BCUT2D eigenvalue weighted by Gasteiger charge is -2.36. The van der Waals surface area contributed by atoms with E-state index in [1.54, 1.807) is 6.33 Å². The van der Waals surface area contributed by atoms with Gasteiger partial charge in [0.1, 0.15) is 12.0 Å². The molecule has 1 aliphatic rings. The van der Waals surface area contributed by atoms with Crippen molar-refractivity contribution in [2.45, 2.75) is 24.9 Å². The molecule has 3 N–H and O–H groups in total. The molecular formula is C24H30N6. The first-order valence-electron chi connectivity index (χ1n) is 10.5. The number of nitrogens with two attached hydrogens (primary N) is 1. The summed E-state index contributed by atoms with van der Waals surface area (Å²) < 4.78 is 0. The fourth-order valence-electron chi connectivity index (χ4n) is 4.12. The highest BCUT2D eigenvalue weighted by atomic mass is 15.2. The standard InChI is InChI=1S/C24H30N6/c1-29-15-13-20(14-16-29)30(2)24-21(25)23(26-17-27-24)28-22(18-9-5-3-6-10-18)19-11-7-4-8-12-19/h3-12,17,20,22H,13-16,25H2,1-2H3,(H,26,27,28). The molecule has 2 heterocycles. The Bertz CT molecular complexity index is 899. The van der Waals surface area contributed by atoms with Crippen LogP contribution >= 0.6 is 0 Å². The van der Waals surface area contributed by atoms with Crippen LogP contribution in [0.2, 0.25) is 0 Å². The summed E-state index contributed by atoms with van der Waals surface area (Å²) in [6, 6.07) is 21.1. The van der Waals surface area contributed by atoms with Crippen molar-refractivity contribution in [2.24, 2.45) is 0 Å². The van der Waals surface area contributed by atoms with E-state index >= 15 is 0 Å². The zero-order valence-electron chi connectivity index (χ0n) is 17.7. The fourth-order valence-corrected chi connectivity index (χ4v) is 4.12. The highest BCUT2D eigenvalue weighted by Crippen LogP contribution is 2.33. The Kier molecular flexibility index (Phi) is 6.14. The molecule has 3 aromatic rings. The van der Waals surface area contributed by atoms with Gasteiger partial charge in [0, 0.05) is 13.1 Å². The van der Waals surface area contributed by atoms with Crippen molar-refractivity contribution in [1.29, 1.82) is 0 Å². The summed E-state index contributed by atoms with van der Waals surface area (Å²) in [7, 11) is 4.26. The van der Waals surface area contributed by atoms with E-state index in [-0.39, 0.29) is 6.04 Å². The largest absolute Gasteiger partial charge is 0.393 e. The van der Waals surface area contributed by atoms with Crippen molar-refractivity contribution in [2.75, 3.05) is 43.1 Å². The van der Waals surface area contributed by atoms with Gasteiger partial charge in [-0.3, -0.25) is 0 Å². The Balaban J connectivity index is 1.62. The molecule has 6 heteroatoms. The average molecular weight is 403 g/mol. The number of nitrogens with one attached hydrogen (secondary N) is 1. The summed E-state index contributed by atoms with van der Waals surface area (Å²) in [4.78, 5) is 13.6. The van der Waals surface area contributed by atoms with Crippen LogP contribution in [-0.4, -0.2) is 48.1 Å². The number of nitrogen functional groups attached to an aromatic ring is 1. The molecule has 0 amide bonds. The van der Waals surface area contributed by atoms with E-state index in [4.69, 9.17) is 5.73 Å². The van der Waals surface area contributed by atoms with Gasteiger partial charge in [-0.05, 0) is 44.1 Å². The first-order chi connectivity index (χ1) is 14.6. The number of aromatic nitrogens is 2. The monoisotopic (exact) mass is 402 g/mol. The van der Waals surface area contributed by atoms with Crippen molar-refractivity contribution in [3.63, 3.8) is 0 Å². The molecule has 1 aliphatic heterocycles. The van der Waals surface area contributed by atoms with Crippen LogP contribution in [0.3, 0.4) is 0 Å². The molecular weight excluding hydrogens is 372 g/mol. The summed E-state index contributed by atoms with van der Waals surface area (Å²) in [5.41, 5.74) is 9.49. The van der Waals surface area contributed by atoms with Gasteiger partial charge in [0.15, 0.2) is 11.6 Å². The number of likely N-dealkylation sites (tertiary alicyclic amines) is 1. The number of anilines is 3. The van der Waals surface area contributed by atoms with E-state index in [1.165, 1.54) is 0 Å². The normalized spacial score (nSPS) is 15.3. The molecule has 1 aromatic heterocycles. The smallest absolute Gasteiger partial charge is 0.157 e. The van der Waals surface area contributed by atoms with Gasteiger partial charge in [-0.15, -0.1) is 0 Å². The molecule has 0 bridgehead atoms. The molecule has 6 nitrogen and oxygen atoms in total. The number of benzene rings is 2. The quantitative estimate of drug-likeness (QED) is 0.654. The number of rotatable bonds is 6. The molecule has 0 spiro atoms. The van der Waals surface area contributed by atoms with Crippen LogP contribution in [0.4, 0.5) is 17.3 Å². The van der Waals surface area contributed by atoms with Crippen LogP contribution in [0.1, 0.15) is 30.0 Å². The van der Waals surface area contributed by atoms with Crippen LogP contribution in [-0.2, 0) is 0 Å². The van der Waals surface area contributed by atoms with E-state index in [9.17, 15) is 0 Å². The highest BCUT2D eigenvalue weighted by Gasteiger charge is 2.24. The first kappa shape index (κ1) is 20.2. The average Bonchev–Trinajstić information content (AvgIpc) is 2.79. The number of hydrogen-bond acceptors (Lipinski definition) is 6. The second-order valence-corrected chi connectivity index (χ2v) is 8.00. The van der Waals surface area contributed by atoms with E-state index in [0.717, 1.165) is 42.9 Å². The maximum atomic E-state index is 6.58. The van der Waals surface area contributed by atoms with Crippen LogP contribution < -0.4 is 16.0 Å². The topological polar surface area (TPSA) is 70.3 Å². The third kappa shape index (κ3) is 4.39. The molecule has 1 fully saturated rings. The van der Waals surface area contributed by atoms with E-state index < -0.39 is 0 Å². The van der Waals surface area contributed by atoms with Crippen LogP contribution in [0.5, 0.6) is 0 Å².